The number of hydrogen-bond acceptors (Lipinski definition) is 6. The molecule has 0 unspecified atom stereocenters. The van der Waals surface area contributed by atoms with Gasteiger partial charge in [0.25, 0.3) is 0 Å². The van der Waals surface area contributed by atoms with Crippen molar-refractivity contribution in [3.05, 3.63) is 70.4 Å². The molecule has 7 heteroatoms. The van der Waals surface area contributed by atoms with Crippen molar-refractivity contribution >= 4 is 22.3 Å². The van der Waals surface area contributed by atoms with Gasteiger partial charge >= 0.3 is 5.69 Å². The van der Waals surface area contributed by atoms with Gasteiger partial charge in [-0.1, -0.05) is 30.3 Å². The average molecular weight is 393 g/mol. The molecule has 1 N–H and O–H groups in total. The van der Waals surface area contributed by atoms with Crippen molar-refractivity contribution in [2.24, 2.45) is 5.92 Å². The van der Waals surface area contributed by atoms with Crippen molar-refractivity contribution in [2.75, 3.05) is 25.1 Å². The number of nitro groups is 1. The first-order chi connectivity index (χ1) is 14.2. The quantitative estimate of drug-likeness (QED) is 0.468. The van der Waals surface area contributed by atoms with Gasteiger partial charge in [0.05, 0.1) is 10.4 Å². The molecule has 0 atom stereocenters. The molecule has 0 bridgehead atoms. The number of aromatic nitrogens is 1. The number of pyridine rings is 1. The highest BCUT2D eigenvalue weighted by molar-refractivity contribution is 5.96. The van der Waals surface area contributed by atoms with Gasteiger partial charge in [-0.2, -0.15) is 0 Å². The largest absolute Gasteiger partial charge is 0.489 e. The second-order valence-corrected chi connectivity index (χ2v) is 7.17. The van der Waals surface area contributed by atoms with Crippen LogP contribution >= 0.6 is 0 Å². The van der Waals surface area contributed by atoms with E-state index in [0.29, 0.717) is 36.0 Å². The van der Waals surface area contributed by atoms with Crippen LogP contribution in [0.15, 0.2) is 54.7 Å². The Kier molecular flexibility index (Phi) is 5.86. The van der Waals surface area contributed by atoms with E-state index in [4.69, 9.17) is 9.47 Å². The lowest BCUT2D eigenvalue weighted by Gasteiger charge is -2.23. The number of benzene rings is 2. The molecular weight excluding hydrogens is 370 g/mol. The molecule has 2 heterocycles. The molecule has 1 aliphatic heterocycles. The van der Waals surface area contributed by atoms with E-state index < -0.39 is 4.92 Å². The maximum atomic E-state index is 11.5. The monoisotopic (exact) mass is 393 g/mol. The third kappa shape index (κ3) is 4.63. The van der Waals surface area contributed by atoms with E-state index in [0.717, 1.165) is 37.0 Å². The van der Waals surface area contributed by atoms with Crippen molar-refractivity contribution in [3.8, 4) is 5.75 Å². The Balaban J connectivity index is 1.56. The van der Waals surface area contributed by atoms with Crippen LogP contribution in [0.1, 0.15) is 18.4 Å². The molecule has 0 saturated carbocycles. The summed E-state index contributed by atoms with van der Waals surface area (Å²) in [5.74, 6) is 1.12. The van der Waals surface area contributed by atoms with Gasteiger partial charge in [-0.15, -0.1) is 0 Å². The summed E-state index contributed by atoms with van der Waals surface area (Å²) in [5.41, 5.74) is 2.24. The topological polar surface area (TPSA) is 86.5 Å². The van der Waals surface area contributed by atoms with Crippen LogP contribution in [0, 0.1) is 16.0 Å². The van der Waals surface area contributed by atoms with Gasteiger partial charge in [0, 0.05) is 31.2 Å². The van der Waals surface area contributed by atoms with E-state index in [1.54, 1.807) is 0 Å². The first-order valence-corrected chi connectivity index (χ1v) is 9.76. The van der Waals surface area contributed by atoms with Crippen LogP contribution in [0.4, 0.5) is 11.4 Å². The summed E-state index contributed by atoms with van der Waals surface area (Å²) in [6, 6.07) is 15.4. The number of anilines is 1. The van der Waals surface area contributed by atoms with E-state index in [1.165, 1.54) is 6.20 Å². The van der Waals surface area contributed by atoms with Gasteiger partial charge in [-0.05, 0) is 36.5 Å². The lowest BCUT2D eigenvalue weighted by atomic mass is 10.00. The van der Waals surface area contributed by atoms with Crippen LogP contribution in [0.25, 0.3) is 10.9 Å². The average Bonchev–Trinajstić information content (AvgIpc) is 2.77. The maximum absolute atomic E-state index is 11.5. The number of rotatable bonds is 7. The van der Waals surface area contributed by atoms with E-state index >= 15 is 0 Å². The molecule has 1 aromatic heterocycles. The van der Waals surface area contributed by atoms with Crippen LogP contribution in [0.3, 0.4) is 0 Å². The molecule has 1 fully saturated rings. The smallest absolute Gasteiger partial charge is 0.311 e. The molecule has 1 saturated heterocycles. The highest BCUT2D eigenvalue weighted by Crippen LogP contribution is 2.34. The van der Waals surface area contributed by atoms with Gasteiger partial charge in [0.15, 0.2) is 0 Å². The van der Waals surface area contributed by atoms with Gasteiger partial charge in [-0.3, -0.25) is 10.1 Å². The Morgan fingerprint density at radius 2 is 1.97 bits per heavy atom. The van der Waals surface area contributed by atoms with Crippen LogP contribution < -0.4 is 10.1 Å². The summed E-state index contributed by atoms with van der Waals surface area (Å²) in [4.78, 5) is 15.4. The summed E-state index contributed by atoms with van der Waals surface area (Å²) in [5, 5.41) is 15.6. The molecule has 0 spiro atoms. The fraction of sp³-hybridized carbons (Fsp3) is 0.318. The fourth-order valence-electron chi connectivity index (χ4n) is 3.51. The van der Waals surface area contributed by atoms with E-state index in [-0.39, 0.29) is 5.69 Å². The van der Waals surface area contributed by atoms with E-state index in [9.17, 15) is 10.1 Å². The zero-order valence-corrected chi connectivity index (χ0v) is 16.0. The molecule has 0 amide bonds. The van der Waals surface area contributed by atoms with Crippen molar-refractivity contribution < 1.29 is 14.4 Å². The minimum atomic E-state index is -0.390. The predicted molar refractivity (Wildman–Crippen MR) is 111 cm³/mol. The van der Waals surface area contributed by atoms with Crippen LogP contribution in [-0.4, -0.2) is 29.7 Å². The summed E-state index contributed by atoms with van der Waals surface area (Å²) in [7, 11) is 0. The van der Waals surface area contributed by atoms with E-state index in [2.05, 4.69) is 10.3 Å². The Hall–Kier alpha value is -3.19. The lowest BCUT2D eigenvalue weighted by Crippen LogP contribution is -2.23. The van der Waals surface area contributed by atoms with Gasteiger partial charge in [0.1, 0.15) is 24.2 Å². The van der Waals surface area contributed by atoms with Crippen LogP contribution in [0.2, 0.25) is 0 Å². The Labute approximate surface area is 168 Å². The number of ether oxygens (including phenoxy) is 2. The molecular formula is C22H23N3O4. The molecule has 0 radical (unpaired) electrons. The van der Waals surface area contributed by atoms with Gasteiger partial charge in [-0.25, -0.2) is 4.98 Å². The van der Waals surface area contributed by atoms with Crippen molar-refractivity contribution in [2.45, 2.75) is 19.4 Å². The molecule has 29 heavy (non-hydrogen) atoms. The first kappa shape index (κ1) is 19.1. The molecule has 7 nitrogen and oxygen atoms in total. The number of hydrogen-bond donors (Lipinski definition) is 1. The molecule has 1 aliphatic rings. The number of nitrogens with one attached hydrogen (secondary N) is 1. The normalized spacial score (nSPS) is 14.6. The minimum absolute atomic E-state index is 0.0116. The molecule has 4 rings (SSSR count). The second-order valence-electron chi connectivity index (χ2n) is 7.17. The van der Waals surface area contributed by atoms with Crippen LogP contribution in [-0.2, 0) is 11.3 Å². The molecule has 0 aliphatic carbocycles. The number of fused-ring (bicyclic) bond motifs is 1. The first-order valence-electron chi connectivity index (χ1n) is 9.76. The summed E-state index contributed by atoms with van der Waals surface area (Å²) >= 11 is 0. The SMILES string of the molecule is O=[N+]([O-])c1cnc2cc(OCc3ccccc3)ccc2c1NCC1CCOCC1. The van der Waals surface area contributed by atoms with Crippen molar-refractivity contribution in [1.82, 2.24) is 4.98 Å². The summed E-state index contributed by atoms with van der Waals surface area (Å²) in [6.45, 7) is 2.62. The molecule has 150 valence electrons. The van der Waals surface area contributed by atoms with Crippen molar-refractivity contribution in [1.29, 1.82) is 0 Å². The van der Waals surface area contributed by atoms with Gasteiger partial charge < -0.3 is 14.8 Å². The minimum Gasteiger partial charge on any atom is -0.489 e. The zero-order valence-electron chi connectivity index (χ0n) is 16.0. The van der Waals surface area contributed by atoms with Gasteiger partial charge in [0.2, 0.25) is 0 Å². The molecule has 3 aromatic rings. The maximum Gasteiger partial charge on any atom is 0.311 e. The fourth-order valence-corrected chi connectivity index (χ4v) is 3.51. The summed E-state index contributed by atoms with van der Waals surface area (Å²) < 4.78 is 11.3. The van der Waals surface area contributed by atoms with Crippen LogP contribution in [0.5, 0.6) is 5.75 Å². The Morgan fingerprint density at radius 3 is 2.72 bits per heavy atom. The predicted octanol–water partition coefficient (Wildman–Crippen LogP) is 4.56. The third-order valence-electron chi connectivity index (χ3n) is 5.17. The highest BCUT2D eigenvalue weighted by atomic mass is 16.6. The van der Waals surface area contributed by atoms with E-state index in [1.807, 2.05) is 48.5 Å². The third-order valence-corrected chi connectivity index (χ3v) is 5.17. The standard InChI is InChI=1S/C22H23N3O4/c26-25(27)21-14-23-20-12-18(29-15-17-4-2-1-3-5-17)6-7-19(20)22(21)24-13-16-8-10-28-11-9-16/h1-7,12,14,16H,8-11,13,15H2,(H,23,24). The lowest BCUT2D eigenvalue weighted by molar-refractivity contribution is -0.384. The van der Waals surface area contributed by atoms with Crippen molar-refractivity contribution in [3.63, 3.8) is 0 Å². The second kappa shape index (κ2) is 8.87. The number of nitrogens with zero attached hydrogens (tertiary/aromatic N) is 2. The Bertz CT molecular complexity index is 988. The highest BCUT2D eigenvalue weighted by Gasteiger charge is 2.20. The summed E-state index contributed by atoms with van der Waals surface area (Å²) in [6.07, 6.45) is 3.23. The molecule has 2 aromatic carbocycles. The Morgan fingerprint density at radius 1 is 1.17 bits per heavy atom. The zero-order chi connectivity index (χ0) is 20.1.